The number of rotatable bonds is 7. The van der Waals surface area contributed by atoms with Crippen LogP contribution in [-0.2, 0) is 22.6 Å². The zero-order valence-electron chi connectivity index (χ0n) is 17.9. The minimum Gasteiger partial charge on any atom is -0.350 e. The van der Waals surface area contributed by atoms with Gasteiger partial charge in [0.25, 0.3) is 0 Å². The Morgan fingerprint density at radius 2 is 1.45 bits per heavy atom. The maximum atomic E-state index is 13.4. The summed E-state index contributed by atoms with van der Waals surface area (Å²) in [5.41, 5.74) is 0.898. The number of carbonyl (C=O) groups excluding carboxylic acids is 2. The maximum absolute atomic E-state index is 13.4. The third-order valence-electron chi connectivity index (χ3n) is 4.60. The van der Waals surface area contributed by atoms with Gasteiger partial charge in [-0.25, -0.2) is 0 Å². The van der Waals surface area contributed by atoms with Crippen molar-refractivity contribution in [2.45, 2.75) is 58.7 Å². The number of nitrogens with one attached hydrogen (secondary N) is 1. The lowest BCUT2D eigenvalue weighted by Crippen LogP contribution is -2.53. The van der Waals surface area contributed by atoms with E-state index in [1.807, 2.05) is 27.7 Å². The van der Waals surface area contributed by atoms with Gasteiger partial charge in [-0.05, 0) is 62.6 Å². The van der Waals surface area contributed by atoms with Gasteiger partial charge in [0, 0.05) is 32.2 Å². The molecule has 2 aromatic carbocycles. The first-order valence-corrected chi connectivity index (χ1v) is 11.4. The molecule has 0 spiro atoms. The summed E-state index contributed by atoms with van der Waals surface area (Å²) in [6, 6.07) is 9.39. The Morgan fingerprint density at radius 3 is 1.90 bits per heavy atom. The molecular weight excluding hydrogens is 478 g/mol. The highest BCUT2D eigenvalue weighted by molar-refractivity contribution is 6.35. The summed E-state index contributed by atoms with van der Waals surface area (Å²) in [4.78, 5) is 28.0. The van der Waals surface area contributed by atoms with Gasteiger partial charge in [-0.1, -0.05) is 65.5 Å². The van der Waals surface area contributed by atoms with Crippen LogP contribution in [0.4, 0.5) is 0 Å². The smallest absolute Gasteiger partial charge is 0.243 e. The van der Waals surface area contributed by atoms with Gasteiger partial charge in [-0.15, -0.1) is 0 Å². The molecule has 0 saturated heterocycles. The molecule has 0 unspecified atom stereocenters. The third kappa shape index (κ3) is 7.57. The van der Waals surface area contributed by atoms with Gasteiger partial charge in [0.05, 0.1) is 6.42 Å². The Kier molecular flexibility index (Phi) is 9.08. The van der Waals surface area contributed by atoms with E-state index in [0.717, 1.165) is 0 Å². The molecule has 0 aliphatic heterocycles. The standard InChI is InChI=1S/C23H26Cl4N2O2/c1-5-20(22(31)28-23(2,3)4)29(13-15-7-9-17(25)12-19(15)27)21(30)10-14-6-8-16(24)11-18(14)26/h6-9,11-12,20H,5,10,13H2,1-4H3,(H,28,31)/t20-/m0/s1. The Labute approximate surface area is 203 Å². The monoisotopic (exact) mass is 502 g/mol. The van der Waals surface area contributed by atoms with Crippen molar-refractivity contribution in [3.05, 3.63) is 67.6 Å². The van der Waals surface area contributed by atoms with Crippen LogP contribution in [0.2, 0.25) is 20.1 Å². The molecule has 0 fully saturated rings. The van der Waals surface area contributed by atoms with E-state index in [4.69, 9.17) is 46.4 Å². The highest BCUT2D eigenvalue weighted by atomic mass is 35.5. The molecule has 1 N–H and O–H groups in total. The number of halogens is 4. The van der Waals surface area contributed by atoms with Crippen molar-refractivity contribution < 1.29 is 9.59 Å². The fraction of sp³-hybridized carbons (Fsp3) is 0.391. The van der Waals surface area contributed by atoms with E-state index in [1.54, 1.807) is 41.3 Å². The van der Waals surface area contributed by atoms with Gasteiger partial charge in [-0.3, -0.25) is 9.59 Å². The largest absolute Gasteiger partial charge is 0.350 e. The average molecular weight is 504 g/mol. The van der Waals surface area contributed by atoms with E-state index in [9.17, 15) is 9.59 Å². The summed E-state index contributed by atoms with van der Waals surface area (Å²) in [6.45, 7) is 7.72. The predicted molar refractivity (Wildman–Crippen MR) is 129 cm³/mol. The Hall–Kier alpha value is -1.46. The number of carbonyl (C=O) groups is 2. The van der Waals surface area contributed by atoms with Crippen molar-refractivity contribution in [3.63, 3.8) is 0 Å². The summed E-state index contributed by atoms with van der Waals surface area (Å²) in [5, 5.41) is 4.78. The second-order valence-corrected chi connectivity index (χ2v) is 10.0. The molecule has 8 heteroatoms. The van der Waals surface area contributed by atoms with Gasteiger partial charge >= 0.3 is 0 Å². The first kappa shape index (κ1) is 25.8. The molecule has 0 saturated carbocycles. The van der Waals surface area contributed by atoms with Crippen LogP contribution in [0.25, 0.3) is 0 Å². The van der Waals surface area contributed by atoms with E-state index in [2.05, 4.69) is 5.32 Å². The fourth-order valence-electron chi connectivity index (χ4n) is 3.14. The van der Waals surface area contributed by atoms with Gasteiger partial charge in [0.1, 0.15) is 6.04 Å². The highest BCUT2D eigenvalue weighted by Crippen LogP contribution is 2.26. The number of hydrogen-bond acceptors (Lipinski definition) is 2. The van der Waals surface area contributed by atoms with Gasteiger partial charge in [0.15, 0.2) is 0 Å². The zero-order chi connectivity index (χ0) is 23.3. The van der Waals surface area contributed by atoms with Crippen LogP contribution in [0.3, 0.4) is 0 Å². The Morgan fingerprint density at radius 1 is 0.935 bits per heavy atom. The Balaban J connectivity index is 2.39. The highest BCUT2D eigenvalue weighted by Gasteiger charge is 2.31. The molecule has 168 valence electrons. The molecule has 0 radical (unpaired) electrons. The molecule has 0 aliphatic carbocycles. The quantitative estimate of drug-likeness (QED) is 0.464. The number of hydrogen-bond donors (Lipinski definition) is 1. The molecule has 0 heterocycles. The molecule has 0 aliphatic rings. The van der Waals surface area contributed by atoms with E-state index < -0.39 is 11.6 Å². The summed E-state index contributed by atoms with van der Waals surface area (Å²) in [7, 11) is 0. The van der Waals surface area contributed by atoms with E-state index >= 15 is 0 Å². The fourth-order valence-corrected chi connectivity index (χ4v) is 4.08. The summed E-state index contributed by atoms with van der Waals surface area (Å²) in [5.74, 6) is -0.471. The summed E-state index contributed by atoms with van der Waals surface area (Å²) >= 11 is 24.6. The molecule has 31 heavy (non-hydrogen) atoms. The number of benzene rings is 2. The average Bonchev–Trinajstić information content (AvgIpc) is 2.64. The molecule has 0 aromatic heterocycles. The van der Waals surface area contributed by atoms with Crippen LogP contribution in [0, 0.1) is 0 Å². The molecule has 4 nitrogen and oxygen atoms in total. The van der Waals surface area contributed by atoms with Crippen LogP contribution in [-0.4, -0.2) is 28.3 Å². The van der Waals surface area contributed by atoms with Crippen molar-refractivity contribution >= 4 is 58.2 Å². The van der Waals surface area contributed by atoms with Crippen LogP contribution in [0.5, 0.6) is 0 Å². The second-order valence-electron chi connectivity index (χ2n) is 8.33. The van der Waals surface area contributed by atoms with Crippen molar-refractivity contribution in [2.75, 3.05) is 0 Å². The zero-order valence-corrected chi connectivity index (χ0v) is 21.0. The van der Waals surface area contributed by atoms with Gasteiger partial charge in [-0.2, -0.15) is 0 Å². The summed E-state index contributed by atoms with van der Waals surface area (Å²) < 4.78 is 0. The van der Waals surface area contributed by atoms with Crippen molar-refractivity contribution in [1.29, 1.82) is 0 Å². The third-order valence-corrected chi connectivity index (χ3v) is 5.77. The normalized spacial score (nSPS) is 12.4. The SMILES string of the molecule is CC[C@@H](C(=O)NC(C)(C)C)N(Cc1ccc(Cl)cc1Cl)C(=O)Cc1ccc(Cl)cc1Cl. The first-order chi connectivity index (χ1) is 14.4. The predicted octanol–water partition coefficient (Wildman–Crippen LogP) is 6.56. The number of nitrogens with zero attached hydrogens (tertiary/aromatic N) is 1. The summed E-state index contributed by atoms with van der Waals surface area (Å²) in [6.07, 6.45) is 0.466. The van der Waals surface area contributed by atoms with Crippen molar-refractivity contribution in [1.82, 2.24) is 10.2 Å². The lowest BCUT2D eigenvalue weighted by atomic mass is 10.0. The lowest BCUT2D eigenvalue weighted by molar-refractivity contribution is -0.141. The first-order valence-electron chi connectivity index (χ1n) is 9.90. The molecule has 1 atom stereocenters. The van der Waals surface area contributed by atoms with Crippen LogP contribution >= 0.6 is 46.4 Å². The topological polar surface area (TPSA) is 49.4 Å². The molecule has 2 amide bonds. The molecule has 0 bridgehead atoms. The van der Waals surface area contributed by atoms with Crippen LogP contribution < -0.4 is 5.32 Å². The van der Waals surface area contributed by atoms with Crippen molar-refractivity contribution in [2.24, 2.45) is 0 Å². The maximum Gasteiger partial charge on any atom is 0.243 e. The second kappa shape index (κ2) is 10.9. The molecule has 2 rings (SSSR count). The minimum absolute atomic E-state index is 0.0283. The van der Waals surface area contributed by atoms with Crippen LogP contribution in [0.15, 0.2) is 36.4 Å². The minimum atomic E-state index is -0.676. The van der Waals surface area contributed by atoms with Crippen molar-refractivity contribution in [3.8, 4) is 0 Å². The molecular formula is C23H26Cl4N2O2. The lowest BCUT2D eigenvalue weighted by Gasteiger charge is -2.33. The molecule has 2 aromatic rings. The number of amides is 2. The van der Waals surface area contributed by atoms with Gasteiger partial charge < -0.3 is 10.2 Å². The van der Waals surface area contributed by atoms with Gasteiger partial charge in [0.2, 0.25) is 11.8 Å². The van der Waals surface area contributed by atoms with Crippen LogP contribution in [0.1, 0.15) is 45.2 Å². The Bertz CT molecular complexity index is 957. The van der Waals surface area contributed by atoms with E-state index in [0.29, 0.717) is 37.6 Å². The van der Waals surface area contributed by atoms with E-state index in [1.165, 1.54) is 0 Å². The van der Waals surface area contributed by atoms with E-state index in [-0.39, 0.29) is 24.8 Å².